The number of benzene rings is 13. The van der Waals surface area contributed by atoms with Gasteiger partial charge in [-0.15, -0.1) is 0 Å². The molecular formula is C122H139BN4. The maximum atomic E-state index is 10.7. The average molecular weight is 1680 g/mol. The summed E-state index contributed by atoms with van der Waals surface area (Å²) >= 11 is 0. The van der Waals surface area contributed by atoms with Crippen molar-refractivity contribution in [2.24, 2.45) is 43.3 Å². The van der Waals surface area contributed by atoms with Crippen molar-refractivity contribution in [3.05, 3.63) is 305 Å². The van der Waals surface area contributed by atoms with Crippen LogP contribution in [0.15, 0.2) is 255 Å². The standard InChI is InChI=1S/C122H139BN4/c1-114(2,3)70-78-36-32-40-86(56-78)95-62-84(76-120(19,20)21)63-96(87-41-33-37-79(57-87)71-115(4,5)6)112(95)126-107-68-91(124-103-46-30-28-44-93(103)99-60-82(48-54-105(99)124)74-118(13,14)15)50-52-101(107)123-102-53-51-92(125-104-47-31-29-45-94(104)100-61-83(49-55-106(100)125)75-119(16,17)18)69-108(102)127(110-67-90(122(25,26)27)66-109(126)111(110)123)113-97(88-42-34-38-80(58-88)72-116(7,8)9)64-85(77-121(22,23)24)65-98(113)89-43-35-39-81(59-89)73-117(10,11)12/h28-69H,70-77H2,1-27H3/i28D,29D,30D,31D,44D,45D,46D,47D,76D2,77D2. The Morgan fingerprint density at radius 2 is 0.567 bits per heavy atom. The molecule has 5 heteroatoms. The van der Waals surface area contributed by atoms with E-state index in [9.17, 15) is 16.4 Å². The lowest BCUT2D eigenvalue weighted by atomic mass is 9.33. The third-order valence-corrected chi connectivity index (χ3v) is 24.4. The second-order valence-corrected chi connectivity index (χ2v) is 47.4. The molecule has 0 radical (unpaired) electrons. The van der Waals surface area contributed by atoms with Gasteiger partial charge in [-0.25, -0.2) is 0 Å². The molecule has 2 aliphatic heterocycles. The predicted octanol–water partition coefficient (Wildman–Crippen LogP) is 32.6. The van der Waals surface area contributed by atoms with E-state index in [0.717, 1.165) is 160 Å². The van der Waals surface area contributed by atoms with Crippen molar-refractivity contribution in [2.45, 2.75) is 244 Å². The first-order valence-corrected chi connectivity index (χ1v) is 46.2. The highest BCUT2D eigenvalue weighted by molar-refractivity contribution is 7.00. The van der Waals surface area contributed by atoms with Gasteiger partial charge in [0.15, 0.2) is 0 Å². The Balaban J connectivity index is 1.13. The molecule has 4 heterocycles. The number of rotatable bonds is 16. The van der Waals surface area contributed by atoms with Crippen LogP contribution in [0, 0.1) is 43.3 Å². The molecule has 13 aromatic carbocycles. The smallest absolute Gasteiger partial charge is 0.252 e. The van der Waals surface area contributed by atoms with Crippen LogP contribution < -0.4 is 26.2 Å². The SMILES string of the molecule is [2H]c1c([2H])c([2H])c2c(c1[2H])c1cc(CC(C)(C)C)ccc1n2-c1ccc2c(c1)N(c1c(-c3cccc(CC(C)(C)C)c3)cc(C([2H])([2H])C(C)(C)C)cc1-c1cccc(CC(C)(C)C)c1)c1cc(C(C)(C)C)cc3c1B2c1ccc(-n2c4ccc(CC(C)(C)C)cc4c4c([2H])c([2H])c([2H])c([2H])c42)cc1N3c1c(-c2cccc(CC(C)(C)C)c2)cc(C([2H])([2H])C(C)(C)C)cc1-c1cccc(CC(C)(C)C)c1. The van der Waals surface area contributed by atoms with E-state index in [1.54, 1.807) is 0 Å². The van der Waals surface area contributed by atoms with Gasteiger partial charge in [-0.3, -0.25) is 0 Å². The van der Waals surface area contributed by atoms with Gasteiger partial charge >= 0.3 is 0 Å². The summed E-state index contributed by atoms with van der Waals surface area (Å²) in [6, 6.07) is 72.9. The molecule has 0 saturated carbocycles. The van der Waals surface area contributed by atoms with Crippen molar-refractivity contribution in [1.82, 2.24) is 9.13 Å². The second kappa shape index (κ2) is 32.1. The van der Waals surface area contributed by atoms with Gasteiger partial charge in [0.05, 0.1) is 44.4 Å². The van der Waals surface area contributed by atoms with E-state index in [0.29, 0.717) is 79.0 Å². The molecular weight excluding hydrogens is 1530 g/mol. The Bertz CT molecular complexity index is 6910. The zero-order valence-electron chi connectivity index (χ0n) is 92.7. The van der Waals surface area contributed by atoms with Crippen LogP contribution in [0.5, 0.6) is 0 Å². The van der Waals surface area contributed by atoms with Crippen LogP contribution in [0.1, 0.15) is 253 Å². The van der Waals surface area contributed by atoms with Crippen LogP contribution in [0.3, 0.4) is 0 Å². The fraction of sp³-hybridized carbons (Fsp3) is 0.361. The third-order valence-electron chi connectivity index (χ3n) is 24.4. The molecule has 0 atom stereocenters. The lowest BCUT2D eigenvalue weighted by molar-refractivity contribution is 0.410. The summed E-state index contributed by atoms with van der Waals surface area (Å²) in [4.78, 5) is 4.99. The molecule has 0 bridgehead atoms. The summed E-state index contributed by atoms with van der Waals surface area (Å²) in [7, 11) is 0. The van der Waals surface area contributed by atoms with Gasteiger partial charge < -0.3 is 18.9 Å². The number of nitrogens with zero attached hydrogens (tertiary/aromatic N) is 4. The second-order valence-electron chi connectivity index (χ2n) is 47.4. The van der Waals surface area contributed by atoms with Crippen molar-refractivity contribution in [3.8, 4) is 55.9 Å². The van der Waals surface area contributed by atoms with Gasteiger partial charge in [0.25, 0.3) is 6.71 Å². The van der Waals surface area contributed by atoms with E-state index in [1.807, 2.05) is 41.5 Å². The molecule has 0 N–H and O–H groups in total. The van der Waals surface area contributed by atoms with Crippen LogP contribution in [0.4, 0.5) is 34.1 Å². The molecule has 15 aromatic rings. The number of aromatic nitrogens is 2. The lowest BCUT2D eigenvalue weighted by Crippen LogP contribution is -2.61. The maximum absolute atomic E-state index is 10.7. The monoisotopic (exact) mass is 1680 g/mol. The summed E-state index contributed by atoms with van der Waals surface area (Å²) in [6.45, 7) is 58.5. The first-order chi connectivity index (χ1) is 64.4. The highest BCUT2D eigenvalue weighted by Crippen LogP contribution is 2.56. The fourth-order valence-corrected chi connectivity index (χ4v) is 20.2. The Kier molecular flexibility index (Phi) is 18.7. The average Bonchev–Trinajstić information content (AvgIpc) is 1.33. The summed E-state index contributed by atoms with van der Waals surface area (Å²) in [5.41, 5.74) is 22.6. The van der Waals surface area contributed by atoms with Crippen molar-refractivity contribution in [3.63, 3.8) is 0 Å². The molecule has 0 spiro atoms. The predicted molar refractivity (Wildman–Crippen MR) is 555 cm³/mol. The molecule has 0 unspecified atom stereocenters. The minimum atomic E-state index is -1.94. The largest absolute Gasteiger partial charge is 0.310 e. The highest BCUT2D eigenvalue weighted by atomic mass is 15.2. The lowest BCUT2D eigenvalue weighted by Gasteiger charge is -2.46. The molecule has 0 fully saturated rings. The Morgan fingerprint density at radius 3 is 0.858 bits per heavy atom. The van der Waals surface area contributed by atoms with Crippen molar-refractivity contribution in [1.29, 1.82) is 0 Å². The summed E-state index contributed by atoms with van der Waals surface area (Å²) in [5.74, 6) is 0. The molecule has 650 valence electrons. The summed E-state index contributed by atoms with van der Waals surface area (Å²) in [5, 5.41) is 2.23. The number of hydrogen-bond donors (Lipinski definition) is 0. The van der Waals surface area contributed by atoms with E-state index >= 15 is 0 Å². The highest BCUT2D eigenvalue weighted by Gasteiger charge is 2.47. The fourth-order valence-electron chi connectivity index (χ4n) is 20.2. The van der Waals surface area contributed by atoms with Gasteiger partial charge in [0.2, 0.25) is 0 Å². The topological polar surface area (TPSA) is 16.3 Å². The minimum absolute atomic E-state index is 0.131. The van der Waals surface area contributed by atoms with Gasteiger partial charge in [0.1, 0.15) is 0 Å². The first-order valence-electron chi connectivity index (χ1n) is 52.2. The normalized spacial score (nSPS) is 15.3. The summed E-state index contributed by atoms with van der Waals surface area (Å²) in [6.07, 6.45) is 0.479. The van der Waals surface area contributed by atoms with Crippen LogP contribution in [-0.2, 0) is 56.7 Å². The van der Waals surface area contributed by atoms with E-state index in [1.165, 1.54) is 0 Å². The van der Waals surface area contributed by atoms with Gasteiger partial charge in [-0.2, -0.15) is 0 Å². The quantitative estimate of drug-likeness (QED) is 0.0897. The van der Waals surface area contributed by atoms with E-state index in [-0.39, 0.29) is 80.8 Å². The van der Waals surface area contributed by atoms with Gasteiger partial charge in [0, 0.05) is 83.4 Å². The van der Waals surface area contributed by atoms with E-state index in [4.69, 9.17) is 0 Å². The number of hydrogen-bond acceptors (Lipinski definition) is 2. The molecule has 0 saturated heterocycles. The molecule has 4 nitrogen and oxygen atoms in total. The molecule has 0 aliphatic carbocycles. The minimum Gasteiger partial charge on any atom is -0.310 e. The Morgan fingerprint density at radius 1 is 0.268 bits per heavy atom. The Labute approximate surface area is 779 Å². The van der Waals surface area contributed by atoms with E-state index < -0.39 is 35.7 Å². The number of fused-ring (bicyclic) bond motifs is 10. The van der Waals surface area contributed by atoms with E-state index in [2.05, 4.69) is 371 Å². The zero-order valence-corrected chi connectivity index (χ0v) is 80.7. The van der Waals surface area contributed by atoms with Crippen LogP contribution >= 0.6 is 0 Å². The van der Waals surface area contributed by atoms with Crippen LogP contribution in [0.25, 0.3) is 99.5 Å². The van der Waals surface area contributed by atoms with Crippen LogP contribution in [0.2, 0.25) is 0 Å². The summed E-state index contributed by atoms with van der Waals surface area (Å²) < 4.78 is 126. The molecule has 127 heavy (non-hydrogen) atoms. The van der Waals surface area contributed by atoms with Crippen molar-refractivity contribution < 1.29 is 16.4 Å². The third kappa shape index (κ3) is 18.6. The van der Waals surface area contributed by atoms with Crippen molar-refractivity contribution in [2.75, 3.05) is 9.80 Å². The molecule has 17 rings (SSSR count). The van der Waals surface area contributed by atoms with Crippen molar-refractivity contribution >= 4 is 101 Å². The maximum Gasteiger partial charge on any atom is 0.252 e. The number of anilines is 6. The first kappa shape index (κ1) is 74.1. The van der Waals surface area contributed by atoms with Crippen LogP contribution in [-0.4, -0.2) is 15.8 Å². The van der Waals surface area contributed by atoms with Gasteiger partial charge in [-0.05, 0) is 286 Å². The Hall–Kier alpha value is -10.9. The number of para-hydroxylation sites is 2. The molecule has 2 aliphatic rings. The van der Waals surface area contributed by atoms with Gasteiger partial charge in [-0.1, -0.05) is 345 Å². The molecule has 0 amide bonds. The zero-order chi connectivity index (χ0) is 101. The molecule has 2 aromatic heterocycles.